The number of benzene rings is 1. The Morgan fingerprint density at radius 2 is 1.92 bits per heavy atom. The van der Waals surface area contributed by atoms with E-state index in [0.29, 0.717) is 13.1 Å². The minimum absolute atomic E-state index is 0.148. The van der Waals surface area contributed by atoms with E-state index in [1.807, 2.05) is 37.3 Å². The number of nitrogens with zero attached hydrogens (tertiary/aromatic N) is 3. The maximum Gasteiger partial charge on any atom is 0.331 e. The van der Waals surface area contributed by atoms with Crippen molar-refractivity contribution in [3.05, 3.63) is 68.5 Å². The molecular formula is C19H22N4O3. The standard InChI is InChI=1S/C19H22N4O3/c1-3-14(15-8-6-5-7-9-15)11-21-17(24)13-23-18(25)16(10-20)12-22(4-2)19(23)26/h5-9,12,14H,3-4,11,13H2,1-2H3,(H,21,24). The molecule has 136 valence electrons. The maximum atomic E-state index is 12.3. The summed E-state index contributed by atoms with van der Waals surface area (Å²) in [6.07, 6.45) is 2.07. The molecule has 1 amide bonds. The van der Waals surface area contributed by atoms with E-state index in [1.165, 1.54) is 10.8 Å². The van der Waals surface area contributed by atoms with Crippen molar-refractivity contribution in [1.29, 1.82) is 5.26 Å². The lowest BCUT2D eigenvalue weighted by atomic mass is 9.96. The van der Waals surface area contributed by atoms with Crippen LogP contribution in [0.2, 0.25) is 0 Å². The van der Waals surface area contributed by atoms with Crippen LogP contribution in [0, 0.1) is 11.3 Å². The van der Waals surface area contributed by atoms with Crippen molar-refractivity contribution in [3.63, 3.8) is 0 Å². The lowest BCUT2D eigenvalue weighted by Gasteiger charge is -2.16. The highest BCUT2D eigenvalue weighted by molar-refractivity contribution is 5.75. The summed E-state index contributed by atoms with van der Waals surface area (Å²) >= 11 is 0. The monoisotopic (exact) mass is 354 g/mol. The van der Waals surface area contributed by atoms with Crippen LogP contribution in [0.15, 0.2) is 46.1 Å². The summed E-state index contributed by atoms with van der Waals surface area (Å²) < 4.78 is 2.05. The molecule has 1 aromatic carbocycles. The second-order valence-corrected chi connectivity index (χ2v) is 5.93. The third-order valence-electron chi connectivity index (χ3n) is 4.31. The topological polar surface area (TPSA) is 96.9 Å². The van der Waals surface area contributed by atoms with Crippen molar-refractivity contribution in [3.8, 4) is 6.07 Å². The van der Waals surface area contributed by atoms with Gasteiger partial charge < -0.3 is 5.32 Å². The van der Waals surface area contributed by atoms with Crippen LogP contribution in [0.25, 0.3) is 0 Å². The first-order chi connectivity index (χ1) is 12.5. The van der Waals surface area contributed by atoms with Crippen molar-refractivity contribution >= 4 is 5.91 Å². The molecule has 0 aliphatic rings. The maximum absolute atomic E-state index is 12.3. The van der Waals surface area contributed by atoms with Gasteiger partial charge in [-0.25, -0.2) is 9.36 Å². The Hall–Kier alpha value is -3.14. The van der Waals surface area contributed by atoms with Gasteiger partial charge in [-0.2, -0.15) is 5.26 Å². The molecule has 0 saturated heterocycles. The molecular weight excluding hydrogens is 332 g/mol. The number of hydrogen-bond acceptors (Lipinski definition) is 4. The fourth-order valence-electron chi connectivity index (χ4n) is 2.76. The van der Waals surface area contributed by atoms with Crippen molar-refractivity contribution in [2.24, 2.45) is 0 Å². The molecule has 0 fully saturated rings. The molecule has 7 heteroatoms. The molecule has 1 N–H and O–H groups in total. The van der Waals surface area contributed by atoms with Crippen molar-refractivity contribution < 1.29 is 4.79 Å². The Labute approximate surface area is 151 Å². The minimum atomic E-state index is -0.743. The summed E-state index contributed by atoms with van der Waals surface area (Å²) in [6.45, 7) is 4.07. The zero-order chi connectivity index (χ0) is 19.1. The first-order valence-electron chi connectivity index (χ1n) is 8.57. The number of nitrogens with one attached hydrogen (secondary N) is 1. The molecule has 0 aliphatic heterocycles. The Kier molecular flexibility index (Phi) is 6.50. The predicted molar refractivity (Wildman–Crippen MR) is 97.8 cm³/mol. The summed E-state index contributed by atoms with van der Waals surface area (Å²) in [6, 6.07) is 11.6. The van der Waals surface area contributed by atoms with E-state index in [0.717, 1.165) is 16.6 Å². The highest BCUT2D eigenvalue weighted by Crippen LogP contribution is 2.17. The quantitative estimate of drug-likeness (QED) is 0.808. The average Bonchev–Trinajstić information content (AvgIpc) is 2.66. The highest BCUT2D eigenvalue weighted by atomic mass is 16.2. The van der Waals surface area contributed by atoms with Crippen molar-refractivity contribution in [2.45, 2.75) is 39.3 Å². The molecule has 7 nitrogen and oxygen atoms in total. The second kappa shape index (κ2) is 8.81. The Bertz CT molecular complexity index is 923. The molecule has 0 saturated carbocycles. The Balaban J connectivity index is 2.14. The van der Waals surface area contributed by atoms with E-state index in [2.05, 4.69) is 5.32 Å². The molecule has 0 aliphatic carbocycles. The third kappa shape index (κ3) is 4.28. The van der Waals surface area contributed by atoms with Crippen LogP contribution in [0.1, 0.15) is 37.3 Å². The summed E-state index contributed by atoms with van der Waals surface area (Å²) in [5.74, 6) is -0.286. The summed E-state index contributed by atoms with van der Waals surface area (Å²) in [7, 11) is 0. The molecule has 1 aromatic heterocycles. The Morgan fingerprint density at radius 3 is 2.50 bits per heavy atom. The molecule has 1 atom stereocenters. The van der Waals surface area contributed by atoms with E-state index < -0.39 is 23.7 Å². The summed E-state index contributed by atoms with van der Waals surface area (Å²) in [5, 5.41) is 11.8. The van der Waals surface area contributed by atoms with Gasteiger partial charge in [-0.3, -0.25) is 14.2 Å². The molecule has 2 aromatic rings. The SMILES string of the molecule is CCC(CNC(=O)Cn1c(=O)c(C#N)cn(CC)c1=O)c1ccccc1. The zero-order valence-electron chi connectivity index (χ0n) is 14.9. The lowest BCUT2D eigenvalue weighted by molar-refractivity contribution is -0.121. The van der Waals surface area contributed by atoms with Gasteiger partial charge in [0.25, 0.3) is 5.56 Å². The molecule has 1 unspecified atom stereocenters. The molecule has 1 heterocycles. The summed E-state index contributed by atoms with van der Waals surface area (Å²) in [4.78, 5) is 36.7. The number of nitriles is 1. The number of carbonyl (C=O) groups is 1. The van der Waals surface area contributed by atoms with Crippen LogP contribution >= 0.6 is 0 Å². The number of carbonyl (C=O) groups excluding carboxylic acids is 1. The van der Waals surface area contributed by atoms with Crippen LogP contribution in [0.5, 0.6) is 0 Å². The molecule has 26 heavy (non-hydrogen) atoms. The van der Waals surface area contributed by atoms with Gasteiger partial charge in [-0.15, -0.1) is 0 Å². The smallest absolute Gasteiger partial charge is 0.331 e. The Morgan fingerprint density at radius 1 is 1.23 bits per heavy atom. The number of hydrogen-bond donors (Lipinski definition) is 1. The van der Waals surface area contributed by atoms with Gasteiger partial charge in [0.1, 0.15) is 18.2 Å². The van der Waals surface area contributed by atoms with Crippen molar-refractivity contribution in [2.75, 3.05) is 6.54 Å². The lowest BCUT2D eigenvalue weighted by Crippen LogP contribution is -2.44. The number of aryl methyl sites for hydroxylation is 1. The molecule has 0 radical (unpaired) electrons. The third-order valence-corrected chi connectivity index (χ3v) is 4.31. The van der Waals surface area contributed by atoms with Gasteiger partial charge in [0.15, 0.2) is 0 Å². The van der Waals surface area contributed by atoms with Crippen LogP contribution in [-0.2, 0) is 17.9 Å². The number of amides is 1. The van der Waals surface area contributed by atoms with Gasteiger partial charge in [-0.05, 0) is 18.9 Å². The largest absolute Gasteiger partial charge is 0.354 e. The van der Waals surface area contributed by atoms with Crippen molar-refractivity contribution in [1.82, 2.24) is 14.5 Å². The number of rotatable bonds is 7. The fourth-order valence-corrected chi connectivity index (χ4v) is 2.76. The van der Waals surface area contributed by atoms with Crippen LogP contribution in [0.4, 0.5) is 0 Å². The predicted octanol–water partition coefficient (Wildman–Crippen LogP) is 1.21. The zero-order valence-corrected chi connectivity index (χ0v) is 14.9. The average molecular weight is 354 g/mol. The van der Waals surface area contributed by atoms with Gasteiger partial charge in [0.2, 0.25) is 5.91 Å². The van der Waals surface area contributed by atoms with Gasteiger partial charge in [0.05, 0.1) is 0 Å². The molecule has 0 spiro atoms. The summed E-state index contributed by atoms with van der Waals surface area (Å²) in [5.41, 5.74) is -0.378. The van der Waals surface area contributed by atoms with Gasteiger partial charge in [-0.1, -0.05) is 37.3 Å². The molecule has 0 bridgehead atoms. The van der Waals surface area contributed by atoms with E-state index in [1.54, 1.807) is 13.0 Å². The van der Waals surface area contributed by atoms with Gasteiger partial charge in [0, 0.05) is 25.2 Å². The van der Waals surface area contributed by atoms with Gasteiger partial charge >= 0.3 is 5.69 Å². The van der Waals surface area contributed by atoms with E-state index in [9.17, 15) is 14.4 Å². The highest BCUT2D eigenvalue weighted by Gasteiger charge is 2.15. The van der Waals surface area contributed by atoms with E-state index in [-0.39, 0.29) is 11.5 Å². The minimum Gasteiger partial charge on any atom is -0.354 e. The first kappa shape index (κ1) is 19.2. The van der Waals surface area contributed by atoms with E-state index >= 15 is 0 Å². The number of aromatic nitrogens is 2. The normalized spacial score (nSPS) is 11.6. The molecule has 2 rings (SSSR count). The van der Waals surface area contributed by atoms with Crippen LogP contribution < -0.4 is 16.6 Å². The second-order valence-electron chi connectivity index (χ2n) is 5.93. The van der Waals surface area contributed by atoms with Crippen LogP contribution in [0.3, 0.4) is 0 Å². The fraction of sp³-hybridized carbons (Fsp3) is 0.368. The van der Waals surface area contributed by atoms with Crippen LogP contribution in [-0.4, -0.2) is 21.6 Å². The first-order valence-corrected chi connectivity index (χ1v) is 8.57. The van der Waals surface area contributed by atoms with E-state index in [4.69, 9.17) is 5.26 Å².